The second-order valence-electron chi connectivity index (χ2n) is 6.12. The molecule has 2 N–H and O–H groups in total. The van der Waals surface area contributed by atoms with Crippen LogP contribution in [0.4, 0.5) is 0 Å². The molecule has 1 fully saturated rings. The average Bonchev–Trinajstić information content (AvgIpc) is 3.05. The summed E-state index contributed by atoms with van der Waals surface area (Å²) in [6, 6.07) is 10.1. The van der Waals surface area contributed by atoms with Crippen LogP contribution in [0.3, 0.4) is 0 Å². The molecule has 146 valence electrons. The first-order valence-corrected chi connectivity index (χ1v) is 9.12. The number of carbonyl (C=O) groups excluding carboxylic acids is 1. The van der Waals surface area contributed by atoms with E-state index in [0.29, 0.717) is 13.0 Å². The Kier molecular flexibility index (Phi) is 11.3. The molecule has 0 saturated carbocycles. The Labute approximate surface area is 173 Å². The molecule has 0 bridgehead atoms. The zero-order valence-electron chi connectivity index (χ0n) is 15.7. The Morgan fingerprint density at radius 3 is 2.69 bits per heavy atom. The highest BCUT2D eigenvalue weighted by Gasteiger charge is 2.19. The minimum atomic E-state index is -0.0566. The van der Waals surface area contributed by atoms with Crippen molar-refractivity contribution in [1.29, 1.82) is 0 Å². The maximum atomic E-state index is 11.6. The largest absolute Gasteiger partial charge is 0.375 e. The Balaban J connectivity index is 0.00000338. The number of aliphatic imine (C=N–C) groups is 1. The van der Waals surface area contributed by atoms with Crippen molar-refractivity contribution in [3.8, 4) is 0 Å². The average molecular weight is 474 g/mol. The molecule has 1 atom stereocenters. The van der Waals surface area contributed by atoms with Crippen molar-refractivity contribution in [2.45, 2.75) is 32.3 Å². The molecule has 1 aliphatic heterocycles. The third kappa shape index (κ3) is 7.49. The van der Waals surface area contributed by atoms with Crippen LogP contribution in [0.2, 0.25) is 0 Å². The summed E-state index contributed by atoms with van der Waals surface area (Å²) in [4.78, 5) is 18.2. The Morgan fingerprint density at radius 1 is 1.31 bits per heavy atom. The molecule has 0 aliphatic carbocycles. The molecule has 1 unspecified atom stereocenters. The van der Waals surface area contributed by atoms with Gasteiger partial charge in [0.05, 0.1) is 6.54 Å². The molecule has 2 rings (SSSR count). The van der Waals surface area contributed by atoms with Crippen molar-refractivity contribution >= 4 is 35.8 Å². The van der Waals surface area contributed by atoms with Gasteiger partial charge in [0.15, 0.2) is 5.96 Å². The number of amides is 1. The van der Waals surface area contributed by atoms with Crippen molar-refractivity contribution < 1.29 is 9.53 Å². The van der Waals surface area contributed by atoms with E-state index in [2.05, 4.69) is 27.8 Å². The van der Waals surface area contributed by atoms with Gasteiger partial charge in [0.25, 0.3) is 0 Å². The molecule has 1 heterocycles. The molecule has 0 radical (unpaired) electrons. The van der Waals surface area contributed by atoms with Gasteiger partial charge in [-0.1, -0.05) is 30.3 Å². The van der Waals surface area contributed by atoms with E-state index in [4.69, 9.17) is 4.74 Å². The summed E-state index contributed by atoms with van der Waals surface area (Å²) in [6.45, 7) is 5.92. The highest BCUT2D eigenvalue weighted by atomic mass is 127. The van der Waals surface area contributed by atoms with Gasteiger partial charge in [-0.2, -0.15) is 0 Å². The first-order chi connectivity index (χ1) is 12.2. The molecular weight excluding hydrogens is 443 g/mol. The van der Waals surface area contributed by atoms with E-state index in [9.17, 15) is 4.79 Å². The van der Waals surface area contributed by atoms with Crippen LogP contribution in [0, 0.1) is 0 Å². The van der Waals surface area contributed by atoms with Gasteiger partial charge in [-0.25, -0.2) is 0 Å². The van der Waals surface area contributed by atoms with Crippen LogP contribution in [-0.2, 0) is 9.53 Å². The number of halogens is 1. The molecule has 7 heteroatoms. The van der Waals surface area contributed by atoms with E-state index in [0.717, 1.165) is 50.5 Å². The maximum Gasteiger partial charge on any atom is 0.222 e. The number of guanidine groups is 1. The summed E-state index contributed by atoms with van der Waals surface area (Å²) < 4.78 is 5.56. The zero-order valence-corrected chi connectivity index (χ0v) is 18.1. The third-order valence-corrected chi connectivity index (χ3v) is 4.28. The van der Waals surface area contributed by atoms with E-state index in [-0.39, 0.29) is 36.0 Å². The Morgan fingerprint density at radius 2 is 2.08 bits per heavy atom. The van der Waals surface area contributed by atoms with E-state index >= 15 is 0 Å². The van der Waals surface area contributed by atoms with Crippen LogP contribution in [-0.4, -0.2) is 56.6 Å². The molecule has 0 spiro atoms. The maximum absolute atomic E-state index is 11.6. The fraction of sp³-hybridized carbons (Fsp3) is 0.579. The van der Waals surface area contributed by atoms with Gasteiger partial charge in [0, 0.05) is 39.7 Å². The monoisotopic (exact) mass is 474 g/mol. The fourth-order valence-corrected chi connectivity index (χ4v) is 2.92. The second kappa shape index (κ2) is 12.9. The van der Waals surface area contributed by atoms with Gasteiger partial charge in [0.2, 0.25) is 5.91 Å². The number of hydrogen-bond acceptors (Lipinski definition) is 3. The van der Waals surface area contributed by atoms with Crippen LogP contribution in [0.5, 0.6) is 0 Å². The van der Waals surface area contributed by atoms with Crippen LogP contribution >= 0.6 is 24.0 Å². The van der Waals surface area contributed by atoms with Crippen LogP contribution in [0.1, 0.15) is 37.9 Å². The third-order valence-electron chi connectivity index (χ3n) is 4.28. The summed E-state index contributed by atoms with van der Waals surface area (Å²) >= 11 is 0. The Hall–Kier alpha value is -1.35. The number of benzene rings is 1. The van der Waals surface area contributed by atoms with Gasteiger partial charge < -0.3 is 20.3 Å². The summed E-state index contributed by atoms with van der Waals surface area (Å²) in [6.07, 6.45) is 2.56. The van der Waals surface area contributed by atoms with Crippen molar-refractivity contribution in [1.82, 2.24) is 15.5 Å². The van der Waals surface area contributed by atoms with E-state index in [1.165, 1.54) is 0 Å². The summed E-state index contributed by atoms with van der Waals surface area (Å²) in [5.74, 6) is 1.07. The van der Waals surface area contributed by atoms with Crippen molar-refractivity contribution in [3.63, 3.8) is 0 Å². The quantitative estimate of drug-likeness (QED) is 0.250. The van der Waals surface area contributed by atoms with Crippen LogP contribution in [0.15, 0.2) is 35.3 Å². The number of methoxy groups -OCH3 is 1. The van der Waals surface area contributed by atoms with E-state index in [1.807, 2.05) is 30.0 Å². The lowest BCUT2D eigenvalue weighted by atomic mass is 10.1. The lowest BCUT2D eigenvalue weighted by Crippen LogP contribution is -2.39. The number of nitrogens with one attached hydrogen (secondary N) is 2. The summed E-state index contributed by atoms with van der Waals surface area (Å²) in [5, 5.41) is 6.59. The number of ether oxygens (including phenoxy) is 1. The van der Waals surface area contributed by atoms with Crippen LogP contribution < -0.4 is 10.6 Å². The number of nitrogens with zero attached hydrogens (tertiary/aromatic N) is 2. The highest BCUT2D eigenvalue weighted by molar-refractivity contribution is 14.0. The van der Waals surface area contributed by atoms with Gasteiger partial charge in [-0.3, -0.25) is 9.79 Å². The second-order valence-corrected chi connectivity index (χ2v) is 6.12. The molecule has 1 amide bonds. The van der Waals surface area contributed by atoms with Crippen LogP contribution in [0.25, 0.3) is 0 Å². The van der Waals surface area contributed by atoms with Crippen molar-refractivity contribution in [2.24, 2.45) is 4.99 Å². The molecule has 6 nitrogen and oxygen atoms in total. The minimum absolute atomic E-state index is 0. The first-order valence-electron chi connectivity index (χ1n) is 9.12. The van der Waals surface area contributed by atoms with E-state index in [1.54, 1.807) is 7.11 Å². The van der Waals surface area contributed by atoms with Gasteiger partial charge in [-0.05, 0) is 25.3 Å². The molecule has 26 heavy (non-hydrogen) atoms. The molecule has 0 aromatic heterocycles. The van der Waals surface area contributed by atoms with E-state index < -0.39 is 0 Å². The van der Waals surface area contributed by atoms with Crippen molar-refractivity contribution in [3.05, 3.63) is 35.9 Å². The smallest absolute Gasteiger partial charge is 0.222 e. The summed E-state index contributed by atoms with van der Waals surface area (Å²) in [7, 11) is 1.71. The number of carbonyl (C=O) groups is 1. The normalized spacial score (nSPS) is 15.5. The molecule has 1 aromatic rings. The Bertz CT molecular complexity index is 554. The number of rotatable bonds is 9. The minimum Gasteiger partial charge on any atom is -0.375 e. The zero-order chi connectivity index (χ0) is 17.9. The molecule has 1 aliphatic rings. The summed E-state index contributed by atoms with van der Waals surface area (Å²) in [5.41, 5.74) is 1.12. The highest BCUT2D eigenvalue weighted by Crippen LogP contribution is 2.16. The molecule has 1 aromatic carbocycles. The van der Waals surface area contributed by atoms with Crippen molar-refractivity contribution in [2.75, 3.05) is 39.8 Å². The first kappa shape index (κ1) is 22.7. The van der Waals surface area contributed by atoms with Gasteiger partial charge in [0.1, 0.15) is 6.10 Å². The van der Waals surface area contributed by atoms with Gasteiger partial charge in [-0.15, -0.1) is 24.0 Å². The molecular formula is C19H31IN4O2. The standard InChI is InChI=1S/C19H30N4O2.HI/c1-3-20-19(21-12-8-14-23-13-7-11-18(23)24)22-15-17(25-2)16-9-5-4-6-10-16;/h4-6,9-10,17H,3,7-8,11-15H2,1-2H3,(H2,20,21,22);1H. The SMILES string of the molecule is CCNC(=NCC(OC)c1ccccc1)NCCCN1CCCC1=O.I. The number of likely N-dealkylation sites (tertiary alicyclic amines) is 1. The topological polar surface area (TPSA) is 66.0 Å². The number of hydrogen-bond donors (Lipinski definition) is 2. The van der Waals surface area contributed by atoms with Gasteiger partial charge >= 0.3 is 0 Å². The lowest BCUT2D eigenvalue weighted by Gasteiger charge is -2.17. The predicted molar refractivity (Wildman–Crippen MR) is 116 cm³/mol. The predicted octanol–water partition coefficient (Wildman–Crippen LogP) is 2.56. The fourth-order valence-electron chi connectivity index (χ4n) is 2.92. The lowest BCUT2D eigenvalue weighted by molar-refractivity contribution is -0.127. The molecule has 1 saturated heterocycles.